The van der Waals surface area contributed by atoms with E-state index in [1.165, 1.54) is 10.6 Å². The average Bonchev–Trinajstić information content (AvgIpc) is 3.41. The normalized spacial score (nSPS) is 16.6. The molecule has 2 aromatic heterocycles. The fraction of sp³-hybridized carbons (Fsp3) is 0.281. The lowest BCUT2D eigenvalue weighted by Crippen LogP contribution is -2.45. The van der Waals surface area contributed by atoms with Crippen LogP contribution in [0.1, 0.15) is 36.7 Å². The van der Waals surface area contributed by atoms with Crippen LogP contribution in [-0.4, -0.2) is 51.6 Å². The van der Waals surface area contributed by atoms with Crippen molar-refractivity contribution in [2.75, 3.05) is 23.8 Å². The van der Waals surface area contributed by atoms with Crippen LogP contribution < -0.4 is 21.5 Å². The van der Waals surface area contributed by atoms with Crippen molar-refractivity contribution in [2.24, 2.45) is 7.05 Å². The number of anilines is 2. The van der Waals surface area contributed by atoms with Gasteiger partial charge >= 0.3 is 0 Å². The van der Waals surface area contributed by atoms with Crippen molar-refractivity contribution in [2.45, 2.75) is 38.3 Å². The molecular weight excluding hydrogens is 568 g/mol. The molecule has 3 N–H and O–H groups in total. The Kier molecular flexibility index (Phi) is 8.34. The van der Waals surface area contributed by atoms with E-state index in [-0.39, 0.29) is 40.8 Å². The molecule has 1 aliphatic heterocycles. The number of hydrogen-bond acceptors (Lipinski definition) is 7. The summed E-state index contributed by atoms with van der Waals surface area (Å²) in [6.45, 7) is 10.5. The van der Waals surface area contributed by atoms with Crippen LogP contribution in [0.5, 0.6) is 0 Å². The summed E-state index contributed by atoms with van der Waals surface area (Å²) in [4.78, 5) is 47.5. The Morgan fingerprint density at radius 1 is 1.09 bits per heavy atom. The van der Waals surface area contributed by atoms with Gasteiger partial charge in [0.15, 0.2) is 0 Å². The highest BCUT2D eigenvalue weighted by Gasteiger charge is 2.30. The lowest BCUT2D eigenvalue weighted by molar-refractivity contribution is -0.117. The number of aromatic nitrogens is 3. The van der Waals surface area contributed by atoms with E-state index in [9.17, 15) is 14.4 Å². The van der Waals surface area contributed by atoms with Gasteiger partial charge in [-0.25, -0.2) is 4.98 Å². The molecule has 2 aromatic carbocycles. The molecule has 0 radical (unpaired) electrons. The molecule has 1 fully saturated rings. The number of aryl methyl sites for hydroxylation is 1. The number of rotatable bonds is 7. The number of nitrogens with zero attached hydrogens (tertiary/aromatic N) is 3. The van der Waals surface area contributed by atoms with Gasteiger partial charge in [-0.2, -0.15) is 4.98 Å². The molecule has 1 aliphatic rings. The van der Waals surface area contributed by atoms with Crippen LogP contribution in [-0.2, 0) is 22.0 Å². The number of ether oxygens (including phenoxy) is 1. The monoisotopic (exact) mass is 600 g/mol. The van der Waals surface area contributed by atoms with E-state index in [4.69, 9.17) is 16.3 Å². The number of carbonyl (C=O) groups excluding carboxylic acids is 2. The van der Waals surface area contributed by atoms with Crippen molar-refractivity contribution in [1.82, 2.24) is 19.9 Å². The zero-order valence-electron chi connectivity index (χ0n) is 24.4. The van der Waals surface area contributed by atoms with E-state index in [1.807, 2.05) is 24.3 Å². The number of amides is 2. The van der Waals surface area contributed by atoms with Crippen molar-refractivity contribution in [3.8, 4) is 11.1 Å². The van der Waals surface area contributed by atoms with E-state index in [0.29, 0.717) is 51.6 Å². The SMILES string of the molecule is C=CC(=O)NC1COCC1Nc1ncc2cc(-c3cc(C(=O)Nc4cccc(C(C)(C)C)c4)ccc3Cl)c(=O)n(C)c2n1. The van der Waals surface area contributed by atoms with Crippen molar-refractivity contribution in [1.29, 1.82) is 0 Å². The van der Waals surface area contributed by atoms with E-state index >= 15 is 0 Å². The third-order valence-electron chi connectivity index (χ3n) is 7.36. The van der Waals surface area contributed by atoms with Crippen LogP contribution in [0.3, 0.4) is 0 Å². The van der Waals surface area contributed by atoms with Gasteiger partial charge in [-0.1, -0.05) is 51.1 Å². The number of carbonyl (C=O) groups is 2. The van der Waals surface area contributed by atoms with Gasteiger partial charge in [-0.15, -0.1) is 0 Å². The number of benzene rings is 2. The maximum atomic E-state index is 13.5. The smallest absolute Gasteiger partial charge is 0.259 e. The van der Waals surface area contributed by atoms with Crippen LogP contribution in [0.15, 0.2) is 72.2 Å². The maximum absolute atomic E-state index is 13.5. The zero-order valence-corrected chi connectivity index (χ0v) is 25.2. The Morgan fingerprint density at radius 2 is 1.86 bits per heavy atom. The number of halogens is 1. The molecule has 0 saturated carbocycles. The van der Waals surface area contributed by atoms with E-state index in [1.54, 1.807) is 37.5 Å². The largest absolute Gasteiger partial charge is 0.377 e. The molecular formula is C32H33ClN6O4. The van der Waals surface area contributed by atoms with Gasteiger partial charge in [0.25, 0.3) is 11.5 Å². The third kappa shape index (κ3) is 6.45. The molecule has 10 nitrogen and oxygen atoms in total. The number of nitrogens with one attached hydrogen (secondary N) is 3. The highest BCUT2D eigenvalue weighted by atomic mass is 35.5. The highest BCUT2D eigenvalue weighted by molar-refractivity contribution is 6.33. The number of pyridine rings is 1. The standard InChI is InChI=1S/C32H33ClN6O4/c1-6-27(40)36-25-16-43-17-26(25)37-31-34-15-19-13-23(30(42)39(5)28(19)38-31)22-12-18(10-11-24(22)33)29(41)35-21-9-7-8-20(14-21)32(2,3)4/h6-15,25-26H,1,16-17H2,2-5H3,(H,35,41)(H,36,40)(H,34,37,38). The van der Waals surface area contributed by atoms with Crippen LogP contribution in [0.25, 0.3) is 22.2 Å². The highest BCUT2D eigenvalue weighted by Crippen LogP contribution is 2.30. The molecule has 11 heteroatoms. The summed E-state index contributed by atoms with van der Waals surface area (Å²) in [7, 11) is 1.61. The molecule has 0 bridgehead atoms. The first-order chi connectivity index (χ1) is 20.4. The van der Waals surface area contributed by atoms with Gasteiger partial charge in [-0.3, -0.25) is 19.0 Å². The second kappa shape index (κ2) is 12.0. The molecule has 43 heavy (non-hydrogen) atoms. The first-order valence-electron chi connectivity index (χ1n) is 13.8. The third-order valence-corrected chi connectivity index (χ3v) is 7.69. The average molecular weight is 601 g/mol. The maximum Gasteiger partial charge on any atom is 0.259 e. The summed E-state index contributed by atoms with van der Waals surface area (Å²) in [6.07, 6.45) is 2.81. The minimum absolute atomic E-state index is 0.0682. The van der Waals surface area contributed by atoms with Crippen LogP contribution >= 0.6 is 11.6 Å². The molecule has 2 unspecified atom stereocenters. The van der Waals surface area contributed by atoms with Crippen molar-refractivity contribution in [3.63, 3.8) is 0 Å². The molecule has 3 heterocycles. The first kappa shape index (κ1) is 29.9. The fourth-order valence-corrected chi connectivity index (χ4v) is 5.11. The molecule has 2 atom stereocenters. The van der Waals surface area contributed by atoms with E-state index in [2.05, 4.69) is 53.3 Å². The Hall–Kier alpha value is -4.54. The van der Waals surface area contributed by atoms with Crippen LogP contribution in [0.4, 0.5) is 11.6 Å². The quantitative estimate of drug-likeness (QED) is 0.263. The minimum Gasteiger partial charge on any atom is -0.377 e. The summed E-state index contributed by atoms with van der Waals surface area (Å²) < 4.78 is 6.93. The predicted molar refractivity (Wildman–Crippen MR) is 169 cm³/mol. The lowest BCUT2D eigenvalue weighted by atomic mass is 9.87. The van der Waals surface area contributed by atoms with Gasteiger partial charge < -0.3 is 20.7 Å². The van der Waals surface area contributed by atoms with Crippen LogP contribution in [0, 0.1) is 0 Å². The van der Waals surface area contributed by atoms with E-state index < -0.39 is 0 Å². The molecule has 2 amide bonds. The summed E-state index contributed by atoms with van der Waals surface area (Å²) in [5, 5.41) is 9.89. The Labute approximate surface area is 254 Å². The number of hydrogen-bond donors (Lipinski definition) is 3. The Morgan fingerprint density at radius 3 is 2.60 bits per heavy atom. The Balaban J connectivity index is 1.42. The fourth-order valence-electron chi connectivity index (χ4n) is 4.90. The topological polar surface area (TPSA) is 127 Å². The Bertz CT molecular complexity index is 1800. The van der Waals surface area contributed by atoms with Gasteiger partial charge in [0, 0.05) is 46.0 Å². The molecule has 0 aliphatic carbocycles. The molecule has 5 rings (SSSR count). The second-order valence-corrected chi connectivity index (χ2v) is 11.9. The van der Waals surface area contributed by atoms with Crippen molar-refractivity contribution in [3.05, 3.63) is 93.9 Å². The molecule has 222 valence electrons. The second-order valence-electron chi connectivity index (χ2n) is 11.5. The number of fused-ring (bicyclic) bond motifs is 1. The van der Waals surface area contributed by atoms with Crippen molar-refractivity contribution >= 4 is 46.1 Å². The summed E-state index contributed by atoms with van der Waals surface area (Å²) in [6, 6.07) is 13.7. The van der Waals surface area contributed by atoms with Gasteiger partial charge in [0.1, 0.15) is 5.65 Å². The lowest BCUT2D eigenvalue weighted by Gasteiger charge is -2.20. The van der Waals surface area contributed by atoms with Gasteiger partial charge in [-0.05, 0) is 53.5 Å². The summed E-state index contributed by atoms with van der Waals surface area (Å²) in [5.74, 6) is -0.332. The summed E-state index contributed by atoms with van der Waals surface area (Å²) >= 11 is 6.55. The molecule has 4 aromatic rings. The van der Waals surface area contributed by atoms with Crippen molar-refractivity contribution < 1.29 is 14.3 Å². The summed E-state index contributed by atoms with van der Waals surface area (Å²) in [5.41, 5.74) is 2.86. The van der Waals surface area contributed by atoms with Gasteiger partial charge in [0.2, 0.25) is 11.9 Å². The first-order valence-corrected chi connectivity index (χ1v) is 14.2. The van der Waals surface area contributed by atoms with E-state index in [0.717, 1.165) is 5.56 Å². The zero-order chi connectivity index (χ0) is 30.9. The predicted octanol–water partition coefficient (Wildman–Crippen LogP) is 4.68. The van der Waals surface area contributed by atoms with Gasteiger partial charge in [0.05, 0.1) is 25.3 Å². The molecule has 0 spiro atoms. The molecule has 1 saturated heterocycles. The minimum atomic E-state index is -0.338. The van der Waals surface area contributed by atoms with Crippen LogP contribution in [0.2, 0.25) is 5.02 Å².